The first kappa shape index (κ1) is 20.2. The van der Waals surface area contributed by atoms with E-state index in [0.717, 1.165) is 22.7 Å². The number of carbonyl (C=O) groups excluding carboxylic acids is 1. The maximum Gasteiger partial charge on any atom is 0.336 e. The van der Waals surface area contributed by atoms with Gasteiger partial charge in [0.05, 0.1) is 5.75 Å². The standard InChI is InChI=1S/C21H15ClN2O5S/c1-12-8-20(26)28-18-9-15(6-7-16(12)18)27-10-19-23-24-21(29-19)30-11-17(25)13-2-4-14(22)5-3-13/h2-9H,10-11H2,1H3. The maximum atomic E-state index is 12.2. The van der Waals surface area contributed by atoms with E-state index < -0.39 is 5.63 Å². The number of carbonyl (C=O) groups is 1. The van der Waals surface area contributed by atoms with Crippen LogP contribution in [0, 0.1) is 6.92 Å². The van der Waals surface area contributed by atoms with Crippen molar-refractivity contribution < 1.29 is 18.4 Å². The van der Waals surface area contributed by atoms with Crippen molar-refractivity contribution in [3.63, 3.8) is 0 Å². The van der Waals surface area contributed by atoms with Gasteiger partial charge in [-0.05, 0) is 48.9 Å². The Morgan fingerprint density at radius 1 is 1.10 bits per heavy atom. The number of nitrogens with zero attached hydrogens (tertiary/aromatic N) is 2. The number of ketones is 1. The normalized spacial score (nSPS) is 11.0. The highest BCUT2D eigenvalue weighted by Crippen LogP contribution is 2.24. The minimum absolute atomic E-state index is 0.0419. The number of Topliss-reactive ketones (excluding diaryl/α,β-unsaturated/α-hetero) is 1. The van der Waals surface area contributed by atoms with Gasteiger partial charge in [0.1, 0.15) is 11.3 Å². The van der Waals surface area contributed by atoms with Crippen molar-refractivity contribution in [1.82, 2.24) is 10.2 Å². The van der Waals surface area contributed by atoms with Crippen LogP contribution in [0.3, 0.4) is 0 Å². The summed E-state index contributed by atoms with van der Waals surface area (Å²) in [6.45, 7) is 1.88. The van der Waals surface area contributed by atoms with E-state index in [-0.39, 0.29) is 29.3 Å². The summed E-state index contributed by atoms with van der Waals surface area (Å²) in [5, 5.41) is 9.52. The van der Waals surface area contributed by atoms with Crippen molar-refractivity contribution in [3.8, 4) is 5.75 Å². The number of hydrogen-bond donors (Lipinski definition) is 0. The third-order valence-corrected chi connectivity index (χ3v) is 5.30. The van der Waals surface area contributed by atoms with Crippen molar-refractivity contribution >= 4 is 40.1 Å². The van der Waals surface area contributed by atoms with Gasteiger partial charge in [-0.2, -0.15) is 0 Å². The molecule has 4 aromatic rings. The van der Waals surface area contributed by atoms with Crippen molar-refractivity contribution in [2.75, 3.05) is 5.75 Å². The summed E-state index contributed by atoms with van der Waals surface area (Å²) in [6.07, 6.45) is 0. The van der Waals surface area contributed by atoms with Gasteiger partial charge in [-0.3, -0.25) is 4.79 Å². The molecule has 0 fully saturated rings. The van der Waals surface area contributed by atoms with Crippen LogP contribution in [0.5, 0.6) is 5.75 Å². The van der Waals surface area contributed by atoms with Crippen molar-refractivity contribution in [2.45, 2.75) is 18.8 Å². The molecule has 2 aromatic heterocycles. The molecule has 9 heteroatoms. The van der Waals surface area contributed by atoms with Crippen LogP contribution < -0.4 is 10.4 Å². The molecule has 0 unspecified atom stereocenters. The van der Waals surface area contributed by atoms with E-state index in [2.05, 4.69) is 10.2 Å². The Balaban J connectivity index is 1.35. The molecular formula is C21H15ClN2O5S. The second-order valence-corrected chi connectivity index (χ2v) is 7.74. The van der Waals surface area contributed by atoms with Crippen LogP contribution in [0.4, 0.5) is 0 Å². The summed E-state index contributed by atoms with van der Waals surface area (Å²) in [4.78, 5) is 23.7. The lowest BCUT2D eigenvalue weighted by Crippen LogP contribution is -2.01. The van der Waals surface area contributed by atoms with Gasteiger partial charge in [-0.1, -0.05) is 23.4 Å². The molecule has 2 aromatic carbocycles. The van der Waals surface area contributed by atoms with Gasteiger partial charge in [0.15, 0.2) is 12.4 Å². The molecule has 4 rings (SSSR count). The predicted molar refractivity (Wildman–Crippen MR) is 112 cm³/mol. The van der Waals surface area contributed by atoms with Gasteiger partial charge in [0.25, 0.3) is 11.1 Å². The molecule has 0 radical (unpaired) electrons. The molecule has 0 amide bonds. The van der Waals surface area contributed by atoms with Gasteiger partial charge in [-0.15, -0.1) is 10.2 Å². The molecule has 0 aliphatic carbocycles. The summed E-state index contributed by atoms with van der Waals surface area (Å²) >= 11 is 6.97. The van der Waals surface area contributed by atoms with Crippen LogP contribution in [0.1, 0.15) is 21.8 Å². The summed E-state index contributed by atoms with van der Waals surface area (Å²) in [5.74, 6) is 0.858. The molecule has 0 N–H and O–H groups in total. The molecule has 0 aliphatic heterocycles. The molecular weight excluding hydrogens is 428 g/mol. The number of aromatic nitrogens is 2. The third-order valence-electron chi connectivity index (χ3n) is 4.23. The van der Waals surface area contributed by atoms with Gasteiger partial charge in [-0.25, -0.2) is 4.79 Å². The van der Waals surface area contributed by atoms with Crippen LogP contribution in [0.2, 0.25) is 5.02 Å². The largest absolute Gasteiger partial charge is 0.484 e. The SMILES string of the molecule is Cc1cc(=O)oc2cc(OCc3nnc(SCC(=O)c4ccc(Cl)cc4)o3)ccc12. The zero-order chi connectivity index (χ0) is 21.1. The summed E-state index contributed by atoms with van der Waals surface area (Å²) in [7, 11) is 0. The first-order valence-electron chi connectivity index (χ1n) is 8.89. The van der Waals surface area contributed by atoms with Crippen LogP contribution in [-0.4, -0.2) is 21.7 Å². The van der Waals surface area contributed by atoms with E-state index in [1.165, 1.54) is 6.07 Å². The molecule has 2 heterocycles. The minimum Gasteiger partial charge on any atom is -0.484 e. The molecule has 0 saturated carbocycles. The van der Waals surface area contributed by atoms with E-state index in [1.54, 1.807) is 36.4 Å². The highest BCUT2D eigenvalue weighted by molar-refractivity contribution is 7.99. The number of thioether (sulfide) groups is 1. The average molecular weight is 443 g/mol. The summed E-state index contributed by atoms with van der Waals surface area (Å²) < 4.78 is 16.4. The Morgan fingerprint density at radius 2 is 1.90 bits per heavy atom. The Morgan fingerprint density at radius 3 is 2.70 bits per heavy atom. The first-order chi connectivity index (χ1) is 14.5. The van der Waals surface area contributed by atoms with Gasteiger partial charge in [0, 0.05) is 28.1 Å². The molecule has 152 valence electrons. The lowest BCUT2D eigenvalue weighted by atomic mass is 10.1. The monoisotopic (exact) mass is 442 g/mol. The Hall–Kier alpha value is -3.10. The Bertz CT molecular complexity index is 1270. The second kappa shape index (κ2) is 8.73. The van der Waals surface area contributed by atoms with Crippen LogP contribution in [0.25, 0.3) is 11.0 Å². The van der Waals surface area contributed by atoms with Crippen LogP contribution in [0.15, 0.2) is 67.4 Å². The van der Waals surface area contributed by atoms with Crippen molar-refractivity contribution in [3.05, 3.63) is 81.0 Å². The van der Waals surface area contributed by atoms with E-state index in [0.29, 0.717) is 21.9 Å². The molecule has 0 aliphatic rings. The fourth-order valence-electron chi connectivity index (χ4n) is 2.74. The third kappa shape index (κ3) is 4.72. The zero-order valence-corrected chi connectivity index (χ0v) is 17.3. The molecule has 0 spiro atoms. The fourth-order valence-corrected chi connectivity index (χ4v) is 3.54. The predicted octanol–water partition coefficient (Wildman–Crippen LogP) is 4.69. The quantitative estimate of drug-likeness (QED) is 0.231. The zero-order valence-electron chi connectivity index (χ0n) is 15.8. The van der Waals surface area contributed by atoms with E-state index in [1.807, 2.05) is 13.0 Å². The summed E-state index contributed by atoms with van der Waals surface area (Å²) in [5.41, 5.74) is 1.43. The lowest BCUT2D eigenvalue weighted by Gasteiger charge is -2.05. The highest BCUT2D eigenvalue weighted by atomic mass is 35.5. The number of ether oxygens (including phenoxy) is 1. The number of benzene rings is 2. The van der Waals surface area contributed by atoms with Gasteiger partial charge >= 0.3 is 5.63 Å². The number of halogens is 1. The second-order valence-electron chi connectivity index (χ2n) is 6.38. The smallest absolute Gasteiger partial charge is 0.336 e. The van der Waals surface area contributed by atoms with E-state index in [4.69, 9.17) is 25.2 Å². The first-order valence-corrected chi connectivity index (χ1v) is 10.3. The highest BCUT2D eigenvalue weighted by Gasteiger charge is 2.12. The number of rotatable bonds is 7. The topological polar surface area (TPSA) is 95.4 Å². The molecule has 30 heavy (non-hydrogen) atoms. The van der Waals surface area contributed by atoms with Gasteiger partial charge < -0.3 is 13.6 Å². The number of aryl methyl sites for hydroxylation is 1. The minimum atomic E-state index is -0.413. The van der Waals surface area contributed by atoms with E-state index >= 15 is 0 Å². The molecule has 7 nitrogen and oxygen atoms in total. The fraction of sp³-hybridized carbons (Fsp3) is 0.143. The Labute approximate surface area is 180 Å². The maximum absolute atomic E-state index is 12.2. The molecule has 0 bridgehead atoms. The average Bonchev–Trinajstić information content (AvgIpc) is 3.18. The summed E-state index contributed by atoms with van der Waals surface area (Å²) in [6, 6.07) is 13.4. The number of fused-ring (bicyclic) bond motifs is 1. The number of hydrogen-bond acceptors (Lipinski definition) is 8. The van der Waals surface area contributed by atoms with Crippen molar-refractivity contribution in [1.29, 1.82) is 0 Å². The van der Waals surface area contributed by atoms with Crippen LogP contribution in [-0.2, 0) is 6.61 Å². The lowest BCUT2D eigenvalue weighted by molar-refractivity contribution is 0.102. The van der Waals surface area contributed by atoms with Gasteiger partial charge in [0.2, 0.25) is 0 Å². The Kier molecular flexibility index (Phi) is 5.87. The van der Waals surface area contributed by atoms with Crippen molar-refractivity contribution in [2.24, 2.45) is 0 Å². The van der Waals surface area contributed by atoms with E-state index in [9.17, 15) is 9.59 Å². The molecule has 0 saturated heterocycles. The molecule has 0 atom stereocenters. The van der Waals surface area contributed by atoms with Crippen LogP contribution >= 0.6 is 23.4 Å².